The highest BCUT2D eigenvalue weighted by Gasteiger charge is 2.19. The molecule has 0 aliphatic heterocycles. The van der Waals surface area contributed by atoms with Crippen LogP contribution in [0.5, 0.6) is 0 Å². The zero-order valence-corrected chi connectivity index (χ0v) is 13.1. The molecule has 0 aliphatic carbocycles. The van der Waals surface area contributed by atoms with Gasteiger partial charge in [-0.1, -0.05) is 58.9 Å². The molecule has 1 atom stereocenters. The molecule has 104 valence electrons. The second-order valence-corrected chi connectivity index (χ2v) is 6.74. The predicted octanol–water partition coefficient (Wildman–Crippen LogP) is 4.14. The van der Waals surface area contributed by atoms with Crippen molar-refractivity contribution in [1.29, 1.82) is 5.26 Å². The largest absolute Gasteiger partial charge is 0.287 e. The molecule has 0 spiro atoms. The fraction of sp³-hybridized carbons (Fsp3) is 0.588. The van der Waals surface area contributed by atoms with E-state index < -0.39 is 0 Å². The highest BCUT2D eigenvalue weighted by atomic mass is 15.1. The third-order valence-electron chi connectivity index (χ3n) is 3.31. The molecule has 0 bridgehead atoms. The molecule has 1 aromatic rings. The van der Waals surface area contributed by atoms with Crippen LogP contribution in [0.15, 0.2) is 24.3 Å². The van der Waals surface area contributed by atoms with Crippen molar-refractivity contribution in [2.24, 2.45) is 5.92 Å². The van der Waals surface area contributed by atoms with Crippen molar-refractivity contribution in [3.8, 4) is 6.07 Å². The molecule has 0 fully saturated rings. The van der Waals surface area contributed by atoms with Gasteiger partial charge in [0.15, 0.2) is 0 Å². The molecule has 0 heterocycles. The van der Waals surface area contributed by atoms with E-state index in [-0.39, 0.29) is 11.5 Å². The molecule has 0 saturated heterocycles. The fourth-order valence-electron chi connectivity index (χ4n) is 2.27. The number of nitrogens with zero attached hydrogens (tertiary/aromatic N) is 2. The van der Waals surface area contributed by atoms with Crippen LogP contribution >= 0.6 is 0 Å². The third-order valence-corrected chi connectivity index (χ3v) is 3.31. The van der Waals surface area contributed by atoms with Gasteiger partial charge in [0.1, 0.15) is 6.04 Å². The Labute approximate surface area is 118 Å². The Balaban J connectivity index is 2.92. The van der Waals surface area contributed by atoms with Crippen LogP contribution in [-0.2, 0) is 5.41 Å². The van der Waals surface area contributed by atoms with Crippen molar-refractivity contribution in [3.05, 3.63) is 35.4 Å². The van der Waals surface area contributed by atoms with Gasteiger partial charge in [-0.05, 0) is 29.5 Å². The molecule has 0 saturated carbocycles. The van der Waals surface area contributed by atoms with Crippen LogP contribution in [0.3, 0.4) is 0 Å². The summed E-state index contributed by atoms with van der Waals surface area (Å²) in [5, 5.41) is 9.40. The summed E-state index contributed by atoms with van der Waals surface area (Å²) in [6, 6.07) is 10.7. The summed E-state index contributed by atoms with van der Waals surface area (Å²) in [6.07, 6.45) is 0. The maximum atomic E-state index is 9.40. The zero-order valence-electron chi connectivity index (χ0n) is 13.1. The summed E-state index contributed by atoms with van der Waals surface area (Å²) < 4.78 is 0. The molecule has 0 aromatic heterocycles. The lowest BCUT2D eigenvalue weighted by molar-refractivity contribution is 0.259. The van der Waals surface area contributed by atoms with Gasteiger partial charge >= 0.3 is 0 Å². The van der Waals surface area contributed by atoms with E-state index in [2.05, 4.69) is 69.9 Å². The van der Waals surface area contributed by atoms with Gasteiger partial charge in [0, 0.05) is 6.54 Å². The molecule has 0 aliphatic rings. The molecular formula is C17H26N2. The second kappa shape index (κ2) is 6.21. The van der Waals surface area contributed by atoms with Crippen LogP contribution in [0, 0.1) is 17.2 Å². The highest BCUT2D eigenvalue weighted by molar-refractivity contribution is 5.31. The van der Waals surface area contributed by atoms with E-state index in [0.717, 1.165) is 12.1 Å². The van der Waals surface area contributed by atoms with Crippen LogP contribution in [0.4, 0.5) is 0 Å². The Morgan fingerprint density at radius 3 is 2.05 bits per heavy atom. The highest BCUT2D eigenvalue weighted by Crippen LogP contribution is 2.25. The lowest BCUT2D eigenvalue weighted by atomic mass is 9.86. The van der Waals surface area contributed by atoms with Crippen molar-refractivity contribution in [3.63, 3.8) is 0 Å². The van der Waals surface area contributed by atoms with Gasteiger partial charge in [-0.25, -0.2) is 0 Å². The summed E-state index contributed by atoms with van der Waals surface area (Å²) in [4.78, 5) is 2.12. The van der Waals surface area contributed by atoms with E-state index in [4.69, 9.17) is 0 Å². The lowest BCUT2D eigenvalue weighted by Gasteiger charge is -2.25. The van der Waals surface area contributed by atoms with Crippen molar-refractivity contribution in [2.45, 2.75) is 46.1 Å². The van der Waals surface area contributed by atoms with Gasteiger partial charge in [0.2, 0.25) is 0 Å². The molecule has 2 heteroatoms. The normalized spacial score (nSPS) is 13.6. The lowest BCUT2D eigenvalue weighted by Crippen LogP contribution is -2.27. The van der Waals surface area contributed by atoms with E-state index in [1.54, 1.807) is 0 Å². The van der Waals surface area contributed by atoms with Gasteiger partial charge in [0.05, 0.1) is 6.07 Å². The summed E-state index contributed by atoms with van der Waals surface area (Å²) in [6.45, 7) is 11.9. The molecule has 1 aromatic carbocycles. The minimum atomic E-state index is -0.156. The van der Waals surface area contributed by atoms with Crippen molar-refractivity contribution >= 4 is 0 Å². The summed E-state index contributed by atoms with van der Waals surface area (Å²) in [5.41, 5.74) is 2.54. The first kappa shape index (κ1) is 15.7. The van der Waals surface area contributed by atoms with Crippen LogP contribution in [-0.4, -0.2) is 18.5 Å². The fourth-order valence-corrected chi connectivity index (χ4v) is 2.27. The van der Waals surface area contributed by atoms with Crippen LogP contribution < -0.4 is 0 Å². The standard InChI is InChI=1S/C17H26N2/c1-13(2)12-19(6)16(11-18)14-7-9-15(10-8-14)17(3,4)5/h7-10,13,16H,12H2,1-6H3. The van der Waals surface area contributed by atoms with E-state index in [9.17, 15) is 5.26 Å². The van der Waals surface area contributed by atoms with Crippen LogP contribution in [0.1, 0.15) is 51.8 Å². The number of hydrogen-bond donors (Lipinski definition) is 0. The van der Waals surface area contributed by atoms with Crippen molar-refractivity contribution < 1.29 is 0 Å². The minimum Gasteiger partial charge on any atom is -0.287 e. The summed E-state index contributed by atoms with van der Waals surface area (Å²) in [5.74, 6) is 0.565. The quantitative estimate of drug-likeness (QED) is 0.811. The first-order chi connectivity index (χ1) is 8.75. The first-order valence-corrected chi connectivity index (χ1v) is 6.96. The second-order valence-electron chi connectivity index (χ2n) is 6.74. The van der Waals surface area contributed by atoms with E-state index in [1.807, 2.05) is 7.05 Å². The Morgan fingerprint density at radius 2 is 1.68 bits per heavy atom. The maximum Gasteiger partial charge on any atom is 0.123 e. The summed E-state index contributed by atoms with van der Waals surface area (Å²) in [7, 11) is 2.02. The smallest absolute Gasteiger partial charge is 0.123 e. The molecular weight excluding hydrogens is 232 g/mol. The maximum absolute atomic E-state index is 9.40. The third kappa shape index (κ3) is 4.36. The van der Waals surface area contributed by atoms with Crippen molar-refractivity contribution in [1.82, 2.24) is 4.90 Å². The minimum absolute atomic E-state index is 0.156. The number of hydrogen-bond acceptors (Lipinski definition) is 2. The van der Waals surface area contributed by atoms with Crippen LogP contribution in [0.25, 0.3) is 0 Å². The molecule has 1 rings (SSSR count). The monoisotopic (exact) mass is 258 g/mol. The zero-order chi connectivity index (χ0) is 14.6. The molecule has 0 radical (unpaired) electrons. The average molecular weight is 258 g/mol. The van der Waals surface area contributed by atoms with Crippen LogP contribution in [0.2, 0.25) is 0 Å². The molecule has 19 heavy (non-hydrogen) atoms. The Hall–Kier alpha value is -1.33. The predicted molar refractivity (Wildman–Crippen MR) is 81.0 cm³/mol. The summed E-state index contributed by atoms with van der Waals surface area (Å²) >= 11 is 0. The van der Waals surface area contributed by atoms with E-state index in [1.165, 1.54) is 5.56 Å². The number of benzene rings is 1. The molecule has 0 N–H and O–H groups in total. The number of nitriles is 1. The van der Waals surface area contributed by atoms with Gasteiger partial charge in [0.25, 0.3) is 0 Å². The SMILES string of the molecule is CC(C)CN(C)C(C#N)c1ccc(C(C)(C)C)cc1. The van der Waals surface area contributed by atoms with Gasteiger partial charge in [-0.2, -0.15) is 5.26 Å². The average Bonchev–Trinajstić information content (AvgIpc) is 2.28. The Morgan fingerprint density at radius 1 is 1.16 bits per heavy atom. The topological polar surface area (TPSA) is 27.0 Å². The molecule has 0 amide bonds. The molecule has 1 unspecified atom stereocenters. The van der Waals surface area contributed by atoms with E-state index >= 15 is 0 Å². The first-order valence-electron chi connectivity index (χ1n) is 6.96. The number of rotatable bonds is 4. The van der Waals surface area contributed by atoms with Crippen molar-refractivity contribution in [2.75, 3.05) is 13.6 Å². The van der Waals surface area contributed by atoms with Gasteiger partial charge < -0.3 is 0 Å². The molecule has 2 nitrogen and oxygen atoms in total. The van der Waals surface area contributed by atoms with Gasteiger partial charge in [-0.3, -0.25) is 4.90 Å². The van der Waals surface area contributed by atoms with Gasteiger partial charge in [-0.15, -0.1) is 0 Å². The Bertz CT molecular complexity index is 432. The Kier molecular flexibility index (Phi) is 5.14. The van der Waals surface area contributed by atoms with E-state index in [0.29, 0.717) is 5.92 Å².